The van der Waals surface area contributed by atoms with Crippen LogP contribution < -0.4 is 5.32 Å². The van der Waals surface area contributed by atoms with Crippen molar-refractivity contribution in [2.24, 2.45) is 13.0 Å². The lowest BCUT2D eigenvalue weighted by Crippen LogP contribution is -2.41. The van der Waals surface area contributed by atoms with Crippen molar-refractivity contribution in [1.82, 2.24) is 20.1 Å². The highest BCUT2D eigenvalue weighted by molar-refractivity contribution is 7.99. The van der Waals surface area contributed by atoms with Crippen molar-refractivity contribution in [3.8, 4) is 0 Å². The summed E-state index contributed by atoms with van der Waals surface area (Å²) in [5.41, 5.74) is 1.21. The predicted molar refractivity (Wildman–Crippen MR) is 101 cm³/mol. The van der Waals surface area contributed by atoms with Gasteiger partial charge in [0.15, 0.2) is 5.16 Å². The molecule has 0 saturated heterocycles. The summed E-state index contributed by atoms with van der Waals surface area (Å²) in [5, 5.41) is 12.5. The van der Waals surface area contributed by atoms with Crippen LogP contribution in [0.15, 0.2) is 35.5 Å². The van der Waals surface area contributed by atoms with E-state index in [1.165, 1.54) is 36.6 Å². The minimum atomic E-state index is 0.0939. The van der Waals surface area contributed by atoms with Crippen LogP contribution >= 0.6 is 11.8 Å². The summed E-state index contributed by atoms with van der Waals surface area (Å²) < 4.78 is 1.98. The van der Waals surface area contributed by atoms with E-state index in [0.29, 0.717) is 17.7 Å². The fourth-order valence-corrected chi connectivity index (χ4v) is 4.05. The van der Waals surface area contributed by atoms with Crippen LogP contribution in [0, 0.1) is 5.92 Å². The Morgan fingerprint density at radius 2 is 2.00 bits per heavy atom. The van der Waals surface area contributed by atoms with Gasteiger partial charge < -0.3 is 9.88 Å². The standard InChI is InChI=1S/C19H26N4OS/c1-14-8-6-7-11-16(14)20-18(24)13-25-19-22-21-17(23(19)2)12-15-9-4-3-5-10-15/h3-5,9-10,14,16H,6-8,11-13H2,1-2H3,(H,20,24). The first-order chi connectivity index (χ1) is 12.1. The maximum absolute atomic E-state index is 12.2. The Labute approximate surface area is 153 Å². The third-order valence-corrected chi connectivity index (χ3v) is 5.94. The van der Waals surface area contributed by atoms with Crippen LogP contribution in [0.25, 0.3) is 0 Å². The number of hydrogen-bond acceptors (Lipinski definition) is 4. The molecule has 2 atom stereocenters. The van der Waals surface area contributed by atoms with Crippen molar-refractivity contribution in [3.05, 3.63) is 41.7 Å². The maximum atomic E-state index is 12.2. The fourth-order valence-electron chi connectivity index (χ4n) is 3.31. The molecule has 0 bridgehead atoms. The highest BCUT2D eigenvalue weighted by atomic mass is 32.2. The molecule has 1 aliphatic carbocycles. The number of nitrogens with zero attached hydrogens (tertiary/aromatic N) is 3. The number of carbonyl (C=O) groups is 1. The average Bonchev–Trinajstić information content (AvgIpc) is 2.96. The zero-order chi connectivity index (χ0) is 17.6. The smallest absolute Gasteiger partial charge is 0.230 e. The van der Waals surface area contributed by atoms with Crippen molar-refractivity contribution in [2.75, 3.05) is 5.75 Å². The van der Waals surface area contributed by atoms with E-state index in [4.69, 9.17) is 0 Å². The van der Waals surface area contributed by atoms with Crippen LogP contribution in [-0.2, 0) is 18.3 Å². The molecule has 1 fully saturated rings. The lowest BCUT2D eigenvalue weighted by molar-refractivity contribution is -0.119. The molecule has 1 heterocycles. The van der Waals surface area contributed by atoms with Gasteiger partial charge >= 0.3 is 0 Å². The molecule has 1 N–H and O–H groups in total. The Morgan fingerprint density at radius 1 is 1.24 bits per heavy atom. The molecular formula is C19H26N4OS. The molecule has 1 aromatic carbocycles. The van der Waals surface area contributed by atoms with Gasteiger partial charge in [0.2, 0.25) is 5.91 Å². The molecule has 1 saturated carbocycles. The zero-order valence-electron chi connectivity index (χ0n) is 14.9. The van der Waals surface area contributed by atoms with Gasteiger partial charge in [-0.2, -0.15) is 0 Å². The molecule has 0 radical (unpaired) electrons. The van der Waals surface area contributed by atoms with E-state index in [2.05, 4.69) is 34.6 Å². The molecule has 25 heavy (non-hydrogen) atoms. The number of nitrogens with one attached hydrogen (secondary N) is 1. The lowest BCUT2D eigenvalue weighted by Gasteiger charge is -2.29. The molecule has 1 aromatic heterocycles. The molecule has 5 nitrogen and oxygen atoms in total. The van der Waals surface area contributed by atoms with Crippen molar-refractivity contribution in [3.63, 3.8) is 0 Å². The van der Waals surface area contributed by atoms with Gasteiger partial charge in [0.25, 0.3) is 0 Å². The summed E-state index contributed by atoms with van der Waals surface area (Å²) in [5.74, 6) is 1.97. The van der Waals surface area contributed by atoms with Gasteiger partial charge in [-0.1, -0.05) is 61.9 Å². The maximum Gasteiger partial charge on any atom is 0.230 e. The number of aromatic nitrogens is 3. The largest absolute Gasteiger partial charge is 0.352 e. The van der Waals surface area contributed by atoms with Crippen LogP contribution in [0.1, 0.15) is 44.0 Å². The van der Waals surface area contributed by atoms with Gasteiger partial charge in [0, 0.05) is 19.5 Å². The predicted octanol–water partition coefficient (Wildman–Crippen LogP) is 3.19. The highest BCUT2D eigenvalue weighted by Crippen LogP contribution is 2.24. The topological polar surface area (TPSA) is 59.8 Å². The Kier molecular flexibility index (Phi) is 6.13. The number of benzene rings is 1. The fraction of sp³-hybridized carbons (Fsp3) is 0.526. The van der Waals surface area contributed by atoms with E-state index in [0.717, 1.165) is 23.8 Å². The minimum absolute atomic E-state index is 0.0939. The molecule has 2 aromatic rings. The first-order valence-corrected chi connectivity index (χ1v) is 9.96. The van der Waals surface area contributed by atoms with Gasteiger partial charge in [-0.15, -0.1) is 10.2 Å². The summed E-state index contributed by atoms with van der Waals surface area (Å²) in [6.07, 6.45) is 5.56. The molecule has 0 spiro atoms. The Morgan fingerprint density at radius 3 is 2.76 bits per heavy atom. The molecule has 2 unspecified atom stereocenters. The lowest BCUT2D eigenvalue weighted by atomic mass is 9.86. The molecule has 0 aliphatic heterocycles. The van der Waals surface area contributed by atoms with Crippen molar-refractivity contribution < 1.29 is 4.79 Å². The number of amides is 1. The third-order valence-electron chi connectivity index (χ3n) is 4.92. The molecule has 1 aliphatic rings. The van der Waals surface area contributed by atoms with Crippen LogP contribution in [0.4, 0.5) is 0 Å². The average molecular weight is 359 g/mol. The van der Waals surface area contributed by atoms with Gasteiger partial charge in [0.1, 0.15) is 5.82 Å². The van der Waals surface area contributed by atoms with E-state index in [9.17, 15) is 4.79 Å². The van der Waals surface area contributed by atoms with Crippen LogP contribution in [0.2, 0.25) is 0 Å². The normalized spacial score (nSPS) is 20.4. The quantitative estimate of drug-likeness (QED) is 0.806. The first kappa shape index (κ1) is 18.0. The van der Waals surface area contributed by atoms with Crippen molar-refractivity contribution in [2.45, 2.75) is 50.2 Å². The Hall–Kier alpha value is -1.82. The summed E-state index contributed by atoms with van der Waals surface area (Å²) >= 11 is 1.45. The van der Waals surface area contributed by atoms with Gasteiger partial charge in [-0.3, -0.25) is 4.79 Å². The van der Waals surface area contributed by atoms with Gasteiger partial charge in [0.05, 0.1) is 5.75 Å². The van der Waals surface area contributed by atoms with Crippen molar-refractivity contribution in [1.29, 1.82) is 0 Å². The van der Waals surface area contributed by atoms with E-state index in [-0.39, 0.29) is 5.91 Å². The summed E-state index contributed by atoms with van der Waals surface area (Å²) in [6, 6.07) is 10.6. The van der Waals surface area contributed by atoms with E-state index in [1.54, 1.807) is 0 Å². The number of carbonyl (C=O) groups excluding carboxylic acids is 1. The number of rotatable bonds is 6. The second-order valence-corrected chi connectivity index (χ2v) is 7.79. The van der Waals surface area contributed by atoms with E-state index >= 15 is 0 Å². The molecule has 6 heteroatoms. The highest BCUT2D eigenvalue weighted by Gasteiger charge is 2.23. The van der Waals surface area contributed by atoms with Crippen LogP contribution in [0.5, 0.6) is 0 Å². The second-order valence-electron chi connectivity index (χ2n) is 6.84. The Balaban J connectivity index is 1.52. The van der Waals surface area contributed by atoms with Crippen LogP contribution in [-0.4, -0.2) is 32.5 Å². The van der Waals surface area contributed by atoms with Gasteiger partial charge in [-0.25, -0.2) is 0 Å². The molecule has 1 amide bonds. The molecule has 134 valence electrons. The number of hydrogen-bond donors (Lipinski definition) is 1. The van der Waals surface area contributed by atoms with Crippen molar-refractivity contribution >= 4 is 17.7 Å². The summed E-state index contributed by atoms with van der Waals surface area (Å²) in [4.78, 5) is 12.2. The summed E-state index contributed by atoms with van der Waals surface area (Å²) in [6.45, 7) is 2.23. The van der Waals surface area contributed by atoms with E-state index in [1.807, 2.05) is 29.8 Å². The minimum Gasteiger partial charge on any atom is -0.352 e. The third kappa shape index (κ3) is 4.84. The SMILES string of the molecule is CC1CCCCC1NC(=O)CSc1nnc(Cc2ccccc2)n1C. The Bertz CT molecular complexity index is 701. The number of thioether (sulfide) groups is 1. The van der Waals surface area contributed by atoms with E-state index < -0.39 is 0 Å². The monoisotopic (exact) mass is 358 g/mol. The van der Waals surface area contributed by atoms with Crippen LogP contribution in [0.3, 0.4) is 0 Å². The summed E-state index contributed by atoms with van der Waals surface area (Å²) in [7, 11) is 1.96. The second kappa shape index (κ2) is 8.52. The first-order valence-electron chi connectivity index (χ1n) is 8.98. The van der Waals surface area contributed by atoms with Gasteiger partial charge in [-0.05, 0) is 24.3 Å². The molecule has 3 rings (SSSR count). The molecular weight excluding hydrogens is 332 g/mol. The zero-order valence-corrected chi connectivity index (χ0v) is 15.8.